The van der Waals surface area contributed by atoms with Gasteiger partial charge in [0.25, 0.3) is 0 Å². The number of carbonyl (C=O) groups excluding carboxylic acids is 2. The quantitative estimate of drug-likeness (QED) is 0.456. The highest BCUT2D eigenvalue weighted by molar-refractivity contribution is 5.92. The first-order chi connectivity index (χ1) is 11.7. The van der Waals surface area contributed by atoms with Crippen LogP contribution in [-0.4, -0.2) is 25.1 Å². The molecule has 5 nitrogen and oxygen atoms in total. The van der Waals surface area contributed by atoms with Gasteiger partial charge in [0.15, 0.2) is 0 Å². The maximum atomic E-state index is 11.8. The third-order valence-electron chi connectivity index (χ3n) is 3.52. The molecule has 0 saturated heterocycles. The summed E-state index contributed by atoms with van der Waals surface area (Å²) in [6.45, 7) is 5.00. The fraction of sp³-hybridized carbons (Fsp3) is 0.579. The summed E-state index contributed by atoms with van der Waals surface area (Å²) in [5.74, 6) is 0.248. The number of rotatable bonds is 12. The summed E-state index contributed by atoms with van der Waals surface area (Å²) in [5, 5.41) is 2.75. The van der Waals surface area contributed by atoms with Gasteiger partial charge >= 0.3 is 5.97 Å². The Balaban J connectivity index is 2.24. The molecule has 1 N–H and O–H groups in total. The Morgan fingerprint density at radius 2 is 1.67 bits per heavy atom. The van der Waals surface area contributed by atoms with Gasteiger partial charge < -0.3 is 14.8 Å². The van der Waals surface area contributed by atoms with E-state index in [-0.39, 0.29) is 24.7 Å². The Kier molecular flexibility index (Phi) is 10.3. The predicted molar refractivity (Wildman–Crippen MR) is 95.2 cm³/mol. The van der Waals surface area contributed by atoms with E-state index in [1.165, 1.54) is 25.7 Å². The van der Waals surface area contributed by atoms with Crippen LogP contribution in [-0.2, 0) is 14.3 Å². The van der Waals surface area contributed by atoms with Gasteiger partial charge in [-0.25, -0.2) is 0 Å². The lowest BCUT2D eigenvalue weighted by atomic mass is 10.2. The van der Waals surface area contributed by atoms with Gasteiger partial charge in [-0.3, -0.25) is 9.59 Å². The molecule has 0 aromatic heterocycles. The average Bonchev–Trinajstić information content (AvgIpc) is 2.58. The molecule has 0 unspecified atom stereocenters. The van der Waals surface area contributed by atoms with Crippen LogP contribution in [0.15, 0.2) is 24.3 Å². The average molecular weight is 335 g/mol. The lowest BCUT2D eigenvalue weighted by Gasteiger charge is -2.08. The standard InChI is InChI=1S/C19H29NO4/c1-3-5-6-7-8-15-24-17-11-9-16(10-12-17)20-18(21)13-14-19(22)23-4-2/h9-12H,3-8,13-15H2,1-2H3,(H,20,21). The van der Waals surface area contributed by atoms with Crippen molar-refractivity contribution in [2.24, 2.45) is 0 Å². The molecule has 1 aromatic rings. The van der Waals surface area contributed by atoms with Crippen molar-refractivity contribution in [2.75, 3.05) is 18.5 Å². The molecular weight excluding hydrogens is 306 g/mol. The van der Waals surface area contributed by atoms with E-state index in [9.17, 15) is 9.59 Å². The van der Waals surface area contributed by atoms with E-state index in [0.29, 0.717) is 12.3 Å². The predicted octanol–water partition coefficient (Wildman–Crippen LogP) is 4.32. The van der Waals surface area contributed by atoms with E-state index in [0.717, 1.165) is 18.8 Å². The molecule has 0 bridgehead atoms. The van der Waals surface area contributed by atoms with Crippen LogP contribution in [0.3, 0.4) is 0 Å². The van der Waals surface area contributed by atoms with Crippen molar-refractivity contribution < 1.29 is 19.1 Å². The van der Waals surface area contributed by atoms with Crippen molar-refractivity contribution in [1.82, 2.24) is 0 Å². The maximum Gasteiger partial charge on any atom is 0.306 e. The van der Waals surface area contributed by atoms with Crippen molar-refractivity contribution in [3.63, 3.8) is 0 Å². The number of benzene rings is 1. The molecule has 1 aromatic carbocycles. The largest absolute Gasteiger partial charge is 0.494 e. The lowest BCUT2D eigenvalue weighted by Crippen LogP contribution is -2.14. The third kappa shape index (κ3) is 9.18. The van der Waals surface area contributed by atoms with Gasteiger partial charge in [-0.2, -0.15) is 0 Å². The van der Waals surface area contributed by atoms with Gasteiger partial charge in [0.1, 0.15) is 5.75 Å². The van der Waals surface area contributed by atoms with Gasteiger partial charge in [0, 0.05) is 12.1 Å². The Morgan fingerprint density at radius 3 is 2.33 bits per heavy atom. The van der Waals surface area contributed by atoms with Crippen LogP contribution < -0.4 is 10.1 Å². The topological polar surface area (TPSA) is 64.6 Å². The molecule has 0 heterocycles. The molecule has 0 aliphatic heterocycles. The SMILES string of the molecule is CCCCCCCOc1ccc(NC(=O)CCC(=O)OCC)cc1. The Labute approximate surface area is 144 Å². The number of amides is 1. The van der Waals surface area contributed by atoms with Crippen LogP contribution in [0, 0.1) is 0 Å². The second-order valence-electron chi connectivity index (χ2n) is 5.64. The molecular formula is C19H29NO4. The van der Waals surface area contributed by atoms with E-state index in [4.69, 9.17) is 9.47 Å². The molecule has 134 valence electrons. The summed E-state index contributed by atoms with van der Waals surface area (Å²) in [6, 6.07) is 7.28. The highest BCUT2D eigenvalue weighted by Crippen LogP contribution is 2.16. The van der Waals surface area contributed by atoms with Crippen molar-refractivity contribution in [3.8, 4) is 5.75 Å². The molecule has 0 aliphatic rings. The van der Waals surface area contributed by atoms with Crippen LogP contribution in [0.4, 0.5) is 5.69 Å². The van der Waals surface area contributed by atoms with E-state index < -0.39 is 0 Å². The van der Waals surface area contributed by atoms with Crippen molar-refractivity contribution >= 4 is 17.6 Å². The Hall–Kier alpha value is -2.04. The van der Waals surface area contributed by atoms with Crippen molar-refractivity contribution in [1.29, 1.82) is 0 Å². The first kappa shape index (κ1) is 20.0. The zero-order valence-electron chi connectivity index (χ0n) is 14.8. The molecule has 0 spiro atoms. The molecule has 0 saturated carbocycles. The van der Waals surface area contributed by atoms with Crippen LogP contribution >= 0.6 is 0 Å². The smallest absolute Gasteiger partial charge is 0.306 e. The number of ether oxygens (including phenoxy) is 2. The van der Waals surface area contributed by atoms with Gasteiger partial charge in [-0.05, 0) is 37.6 Å². The molecule has 0 fully saturated rings. The summed E-state index contributed by atoms with van der Waals surface area (Å²) in [4.78, 5) is 23.0. The summed E-state index contributed by atoms with van der Waals surface area (Å²) < 4.78 is 10.5. The number of hydrogen-bond acceptors (Lipinski definition) is 4. The number of esters is 1. The highest BCUT2D eigenvalue weighted by Gasteiger charge is 2.07. The Bertz CT molecular complexity index is 485. The number of hydrogen-bond donors (Lipinski definition) is 1. The first-order valence-electron chi connectivity index (χ1n) is 8.84. The summed E-state index contributed by atoms with van der Waals surface area (Å²) in [6.07, 6.45) is 6.26. The van der Waals surface area contributed by atoms with Gasteiger partial charge in [-0.15, -0.1) is 0 Å². The van der Waals surface area contributed by atoms with E-state index >= 15 is 0 Å². The Morgan fingerprint density at radius 1 is 0.958 bits per heavy atom. The normalized spacial score (nSPS) is 10.2. The molecule has 1 amide bonds. The molecule has 1 rings (SSSR count). The zero-order valence-corrected chi connectivity index (χ0v) is 14.8. The van der Waals surface area contributed by atoms with E-state index in [1.54, 1.807) is 19.1 Å². The molecule has 0 aliphatic carbocycles. The highest BCUT2D eigenvalue weighted by atomic mass is 16.5. The summed E-state index contributed by atoms with van der Waals surface area (Å²) in [5.41, 5.74) is 0.694. The molecule has 5 heteroatoms. The van der Waals surface area contributed by atoms with Gasteiger partial charge in [0.05, 0.1) is 19.6 Å². The summed E-state index contributed by atoms with van der Waals surface area (Å²) in [7, 11) is 0. The third-order valence-corrected chi connectivity index (χ3v) is 3.52. The van der Waals surface area contributed by atoms with Crippen LogP contribution in [0.25, 0.3) is 0 Å². The molecule has 0 radical (unpaired) electrons. The molecule has 24 heavy (non-hydrogen) atoms. The minimum absolute atomic E-state index is 0.0961. The zero-order chi connectivity index (χ0) is 17.6. The number of carbonyl (C=O) groups is 2. The van der Waals surface area contributed by atoms with Crippen LogP contribution in [0.2, 0.25) is 0 Å². The van der Waals surface area contributed by atoms with Gasteiger partial charge in [0.2, 0.25) is 5.91 Å². The molecule has 0 atom stereocenters. The monoisotopic (exact) mass is 335 g/mol. The minimum atomic E-state index is -0.352. The van der Waals surface area contributed by atoms with E-state index in [2.05, 4.69) is 12.2 Å². The van der Waals surface area contributed by atoms with E-state index in [1.807, 2.05) is 12.1 Å². The van der Waals surface area contributed by atoms with Crippen molar-refractivity contribution in [3.05, 3.63) is 24.3 Å². The first-order valence-corrected chi connectivity index (χ1v) is 8.84. The van der Waals surface area contributed by atoms with Crippen molar-refractivity contribution in [2.45, 2.75) is 58.8 Å². The number of anilines is 1. The fourth-order valence-electron chi connectivity index (χ4n) is 2.20. The maximum absolute atomic E-state index is 11.8. The lowest BCUT2D eigenvalue weighted by molar-refractivity contribution is -0.144. The van der Waals surface area contributed by atoms with Gasteiger partial charge in [-0.1, -0.05) is 32.6 Å². The second-order valence-corrected chi connectivity index (χ2v) is 5.64. The van der Waals surface area contributed by atoms with Crippen LogP contribution in [0.1, 0.15) is 58.8 Å². The number of nitrogens with one attached hydrogen (secondary N) is 1. The minimum Gasteiger partial charge on any atom is -0.494 e. The summed E-state index contributed by atoms with van der Waals surface area (Å²) >= 11 is 0. The fourth-order valence-corrected chi connectivity index (χ4v) is 2.20. The van der Waals surface area contributed by atoms with Crippen LogP contribution in [0.5, 0.6) is 5.75 Å². The second kappa shape index (κ2) is 12.4. The number of unbranched alkanes of at least 4 members (excludes halogenated alkanes) is 4.